The monoisotopic (exact) mass is 434 g/mol. The molecule has 3 atom stereocenters. The fourth-order valence-electron chi connectivity index (χ4n) is 4.40. The minimum atomic E-state index is -3.80. The fourth-order valence-corrected chi connectivity index (χ4v) is 5.65. The van der Waals surface area contributed by atoms with Gasteiger partial charge >= 0.3 is 0 Å². The van der Waals surface area contributed by atoms with Crippen LogP contribution in [0.3, 0.4) is 0 Å². The summed E-state index contributed by atoms with van der Waals surface area (Å²) in [5.74, 6) is 1.55. The molecule has 0 spiro atoms. The quantitative estimate of drug-likeness (QED) is 0.717. The summed E-state index contributed by atoms with van der Waals surface area (Å²) in [5, 5.41) is 3.38. The molecule has 2 bridgehead atoms. The molecule has 0 radical (unpaired) electrons. The number of hydrogen-bond donors (Lipinski definition) is 2. The van der Waals surface area contributed by atoms with Crippen molar-refractivity contribution in [2.45, 2.75) is 36.6 Å². The predicted molar refractivity (Wildman–Crippen MR) is 112 cm³/mol. The molecule has 2 saturated carbocycles. The standard InChI is InChI=1S/C21H23ClN2O4S/c1-28-16-5-7-17(8-6-16)29(26,27)24-15-4-9-19(22)18(12-15)21(25)23-20-11-13-2-3-14(20)10-13/h4-9,12-14,20,24H,2-3,10-11H2,1H3,(H,23,25)/t13-,14+,20-/m0/s1. The molecule has 0 unspecified atom stereocenters. The highest BCUT2D eigenvalue weighted by molar-refractivity contribution is 7.92. The molecule has 1 amide bonds. The number of sulfonamides is 1. The molecule has 0 heterocycles. The van der Waals surface area contributed by atoms with Gasteiger partial charge in [-0.1, -0.05) is 18.0 Å². The Morgan fingerprint density at radius 3 is 2.48 bits per heavy atom. The molecule has 0 saturated heterocycles. The average Bonchev–Trinajstić information content (AvgIpc) is 3.32. The van der Waals surface area contributed by atoms with Gasteiger partial charge in [0.1, 0.15) is 5.75 Å². The van der Waals surface area contributed by atoms with Gasteiger partial charge in [0.05, 0.1) is 22.6 Å². The number of halogens is 1. The SMILES string of the molecule is COc1ccc(S(=O)(=O)Nc2ccc(Cl)c(C(=O)N[C@H]3C[C@H]4CC[C@@H]3C4)c2)cc1. The number of fused-ring (bicyclic) bond motifs is 2. The highest BCUT2D eigenvalue weighted by Crippen LogP contribution is 2.44. The van der Waals surface area contributed by atoms with E-state index in [1.807, 2.05) is 0 Å². The second kappa shape index (κ2) is 7.88. The van der Waals surface area contributed by atoms with Gasteiger partial charge in [-0.15, -0.1) is 0 Å². The number of amides is 1. The average molecular weight is 435 g/mol. The Balaban J connectivity index is 1.50. The first-order valence-corrected chi connectivity index (χ1v) is 11.5. The summed E-state index contributed by atoms with van der Waals surface area (Å²) in [6.45, 7) is 0. The Bertz CT molecular complexity index is 1020. The number of benzene rings is 2. The summed E-state index contributed by atoms with van der Waals surface area (Å²) >= 11 is 6.23. The van der Waals surface area contributed by atoms with Crippen molar-refractivity contribution in [3.63, 3.8) is 0 Å². The van der Waals surface area contributed by atoms with Crippen LogP contribution in [0.5, 0.6) is 5.75 Å². The minimum absolute atomic E-state index is 0.0984. The van der Waals surface area contributed by atoms with Gasteiger partial charge in [0.2, 0.25) is 0 Å². The number of nitrogens with one attached hydrogen (secondary N) is 2. The first-order chi connectivity index (χ1) is 13.9. The van der Waals surface area contributed by atoms with E-state index in [1.165, 1.54) is 50.3 Å². The van der Waals surface area contributed by atoms with Crippen molar-refractivity contribution in [1.29, 1.82) is 0 Å². The van der Waals surface area contributed by atoms with Crippen LogP contribution in [-0.2, 0) is 10.0 Å². The zero-order valence-corrected chi connectivity index (χ0v) is 17.6. The molecule has 6 nitrogen and oxygen atoms in total. The fraction of sp³-hybridized carbons (Fsp3) is 0.381. The third-order valence-corrected chi connectivity index (χ3v) is 7.61. The van der Waals surface area contributed by atoms with Crippen LogP contribution in [0.25, 0.3) is 0 Å². The maximum atomic E-state index is 12.8. The van der Waals surface area contributed by atoms with Crippen LogP contribution in [0.15, 0.2) is 47.4 Å². The van der Waals surface area contributed by atoms with E-state index in [4.69, 9.17) is 16.3 Å². The summed E-state index contributed by atoms with van der Waals surface area (Å²) in [6, 6.07) is 10.8. The molecule has 2 aliphatic rings. The number of anilines is 1. The molecule has 154 valence electrons. The molecule has 2 aromatic carbocycles. The molecule has 2 aliphatic carbocycles. The van der Waals surface area contributed by atoms with Crippen LogP contribution in [-0.4, -0.2) is 27.5 Å². The molecule has 29 heavy (non-hydrogen) atoms. The Kier molecular flexibility index (Phi) is 5.44. The summed E-state index contributed by atoms with van der Waals surface area (Å²) in [6.07, 6.45) is 4.60. The van der Waals surface area contributed by atoms with Crippen molar-refractivity contribution in [1.82, 2.24) is 5.32 Å². The van der Waals surface area contributed by atoms with E-state index in [2.05, 4.69) is 10.0 Å². The first-order valence-electron chi connectivity index (χ1n) is 9.63. The van der Waals surface area contributed by atoms with Crippen molar-refractivity contribution >= 4 is 33.2 Å². The number of hydrogen-bond acceptors (Lipinski definition) is 4. The zero-order valence-electron chi connectivity index (χ0n) is 16.0. The van der Waals surface area contributed by atoms with Gasteiger partial charge in [-0.05, 0) is 73.6 Å². The highest BCUT2D eigenvalue weighted by atomic mass is 35.5. The van der Waals surface area contributed by atoms with E-state index < -0.39 is 10.0 Å². The third-order valence-electron chi connectivity index (χ3n) is 5.89. The van der Waals surface area contributed by atoms with Crippen molar-refractivity contribution in [2.75, 3.05) is 11.8 Å². The largest absolute Gasteiger partial charge is 0.497 e. The Labute approximate surface area is 175 Å². The molecular formula is C21H23ClN2O4S. The predicted octanol–water partition coefficient (Wildman–Crippen LogP) is 4.07. The molecule has 8 heteroatoms. The molecule has 2 fully saturated rings. The van der Waals surface area contributed by atoms with E-state index >= 15 is 0 Å². The number of methoxy groups -OCH3 is 1. The third kappa shape index (κ3) is 4.21. The lowest BCUT2D eigenvalue weighted by Gasteiger charge is -2.23. The molecule has 2 N–H and O–H groups in total. The molecule has 0 aromatic heterocycles. The van der Waals surface area contributed by atoms with E-state index in [1.54, 1.807) is 12.1 Å². The van der Waals surface area contributed by atoms with Gasteiger partial charge in [-0.2, -0.15) is 0 Å². The summed E-state index contributed by atoms with van der Waals surface area (Å²) in [7, 11) is -2.29. The topological polar surface area (TPSA) is 84.5 Å². The number of rotatable bonds is 6. The van der Waals surface area contributed by atoms with Gasteiger partial charge in [0, 0.05) is 11.7 Å². The summed E-state index contributed by atoms with van der Waals surface area (Å²) in [5.41, 5.74) is 0.549. The van der Waals surface area contributed by atoms with Crippen LogP contribution in [0.2, 0.25) is 5.02 Å². The lowest BCUT2D eigenvalue weighted by molar-refractivity contribution is 0.0923. The second-order valence-corrected chi connectivity index (χ2v) is 9.82. The maximum Gasteiger partial charge on any atom is 0.261 e. The van der Waals surface area contributed by atoms with Gasteiger partial charge in [-0.3, -0.25) is 9.52 Å². The van der Waals surface area contributed by atoms with Gasteiger partial charge in [0.25, 0.3) is 15.9 Å². The Morgan fingerprint density at radius 1 is 1.10 bits per heavy atom. The van der Waals surface area contributed by atoms with E-state index in [0.717, 1.165) is 12.8 Å². The molecular weight excluding hydrogens is 412 g/mol. The number of carbonyl (C=O) groups is 1. The van der Waals surface area contributed by atoms with Crippen LogP contribution < -0.4 is 14.8 Å². The van der Waals surface area contributed by atoms with Crippen molar-refractivity contribution < 1.29 is 17.9 Å². The van der Waals surface area contributed by atoms with Crippen LogP contribution in [0.1, 0.15) is 36.0 Å². The van der Waals surface area contributed by atoms with Crippen molar-refractivity contribution in [2.24, 2.45) is 11.8 Å². The highest BCUT2D eigenvalue weighted by Gasteiger charge is 2.40. The smallest absolute Gasteiger partial charge is 0.261 e. The van der Waals surface area contributed by atoms with Crippen molar-refractivity contribution in [3.05, 3.63) is 53.1 Å². The Hall–Kier alpha value is -2.25. The van der Waals surface area contributed by atoms with Crippen LogP contribution >= 0.6 is 11.6 Å². The summed E-state index contributed by atoms with van der Waals surface area (Å²) in [4.78, 5) is 12.9. The summed E-state index contributed by atoms with van der Waals surface area (Å²) < 4.78 is 32.9. The van der Waals surface area contributed by atoms with Gasteiger partial charge in [0.15, 0.2) is 0 Å². The first kappa shape index (κ1) is 20.0. The van der Waals surface area contributed by atoms with Gasteiger partial charge in [-0.25, -0.2) is 8.42 Å². The van der Waals surface area contributed by atoms with E-state index in [9.17, 15) is 13.2 Å². The van der Waals surface area contributed by atoms with E-state index in [0.29, 0.717) is 17.6 Å². The lowest BCUT2D eigenvalue weighted by Crippen LogP contribution is -2.38. The second-order valence-electron chi connectivity index (χ2n) is 7.73. The molecule has 2 aromatic rings. The van der Waals surface area contributed by atoms with Gasteiger partial charge < -0.3 is 10.1 Å². The van der Waals surface area contributed by atoms with Crippen LogP contribution in [0, 0.1) is 11.8 Å². The lowest BCUT2D eigenvalue weighted by atomic mass is 9.95. The number of ether oxygens (including phenoxy) is 1. The number of carbonyl (C=O) groups excluding carboxylic acids is 1. The Morgan fingerprint density at radius 2 is 1.86 bits per heavy atom. The van der Waals surface area contributed by atoms with Crippen molar-refractivity contribution in [3.8, 4) is 5.75 Å². The molecule has 4 rings (SSSR count). The minimum Gasteiger partial charge on any atom is -0.497 e. The molecule has 0 aliphatic heterocycles. The maximum absolute atomic E-state index is 12.8. The van der Waals surface area contributed by atoms with Crippen LogP contribution in [0.4, 0.5) is 5.69 Å². The normalized spacial score (nSPS) is 23.0. The van der Waals surface area contributed by atoms with E-state index in [-0.39, 0.29) is 33.1 Å². The zero-order chi connectivity index (χ0) is 20.6.